The molecule has 0 aliphatic heterocycles. The van der Waals surface area contributed by atoms with Gasteiger partial charge in [0.25, 0.3) is 5.91 Å². The van der Waals surface area contributed by atoms with Crippen LogP contribution in [0.3, 0.4) is 0 Å². The van der Waals surface area contributed by atoms with Gasteiger partial charge in [0.15, 0.2) is 0 Å². The third-order valence-corrected chi connectivity index (χ3v) is 3.12. The van der Waals surface area contributed by atoms with Gasteiger partial charge in [0.2, 0.25) is 0 Å². The van der Waals surface area contributed by atoms with E-state index in [4.69, 9.17) is 10.5 Å². The molecule has 116 valence electrons. The maximum absolute atomic E-state index is 12.6. The van der Waals surface area contributed by atoms with Crippen LogP contribution in [0.1, 0.15) is 31.1 Å². The van der Waals surface area contributed by atoms with E-state index >= 15 is 0 Å². The van der Waals surface area contributed by atoms with E-state index < -0.39 is 5.97 Å². The van der Waals surface area contributed by atoms with E-state index in [2.05, 4.69) is 15.9 Å². The van der Waals surface area contributed by atoms with Crippen molar-refractivity contribution in [1.82, 2.24) is 4.90 Å². The SMILES string of the molecule is CCOC(=O)CN(CC(C)C)C(=O)c1cc(N)cc(Br)c1. The monoisotopic (exact) mass is 356 g/mol. The highest BCUT2D eigenvalue weighted by atomic mass is 79.9. The van der Waals surface area contributed by atoms with Gasteiger partial charge < -0.3 is 15.4 Å². The third-order valence-electron chi connectivity index (χ3n) is 2.67. The van der Waals surface area contributed by atoms with Crippen LogP contribution < -0.4 is 5.73 Å². The minimum Gasteiger partial charge on any atom is -0.465 e. The Hall–Kier alpha value is -1.56. The fraction of sp³-hybridized carbons (Fsp3) is 0.467. The summed E-state index contributed by atoms with van der Waals surface area (Å²) in [5, 5.41) is 0. The van der Waals surface area contributed by atoms with Gasteiger partial charge in [0.1, 0.15) is 6.54 Å². The fourth-order valence-corrected chi connectivity index (χ4v) is 2.45. The number of halogens is 1. The molecule has 21 heavy (non-hydrogen) atoms. The number of anilines is 1. The molecule has 0 fully saturated rings. The zero-order valence-corrected chi connectivity index (χ0v) is 14.1. The lowest BCUT2D eigenvalue weighted by atomic mass is 10.1. The van der Waals surface area contributed by atoms with Crippen LogP contribution in [0.4, 0.5) is 5.69 Å². The lowest BCUT2D eigenvalue weighted by molar-refractivity contribution is -0.143. The predicted octanol–water partition coefficient (Wildman–Crippen LogP) is 2.69. The molecule has 1 aromatic rings. The van der Waals surface area contributed by atoms with Crippen LogP contribution >= 0.6 is 15.9 Å². The van der Waals surface area contributed by atoms with Crippen molar-refractivity contribution in [3.8, 4) is 0 Å². The number of benzene rings is 1. The zero-order valence-electron chi connectivity index (χ0n) is 12.6. The van der Waals surface area contributed by atoms with E-state index in [-0.39, 0.29) is 18.4 Å². The summed E-state index contributed by atoms with van der Waals surface area (Å²) < 4.78 is 5.65. The molecule has 0 saturated heterocycles. The largest absolute Gasteiger partial charge is 0.465 e. The molecule has 0 unspecified atom stereocenters. The third kappa shape index (κ3) is 5.75. The smallest absolute Gasteiger partial charge is 0.325 e. The first-order valence-electron chi connectivity index (χ1n) is 6.84. The van der Waals surface area contributed by atoms with Gasteiger partial charge in [-0.2, -0.15) is 0 Å². The van der Waals surface area contributed by atoms with E-state index in [9.17, 15) is 9.59 Å². The van der Waals surface area contributed by atoms with Gasteiger partial charge in [-0.05, 0) is 31.0 Å². The van der Waals surface area contributed by atoms with Gasteiger partial charge in [-0.3, -0.25) is 9.59 Å². The molecular formula is C15H21BrN2O3. The zero-order chi connectivity index (χ0) is 16.0. The number of nitrogens with two attached hydrogens (primary N) is 1. The summed E-state index contributed by atoms with van der Waals surface area (Å²) in [6.07, 6.45) is 0. The van der Waals surface area contributed by atoms with E-state index in [1.807, 2.05) is 13.8 Å². The number of ether oxygens (including phenoxy) is 1. The van der Waals surface area contributed by atoms with Crippen LogP contribution in [0.15, 0.2) is 22.7 Å². The lowest BCUT2D eigenvalue weighted by Gasteiger charge is -2.24. The molecule has 1 amide bonds. The van der Waals surface area contributed by atoms with Gasteiger partial charge in [-0.1, -0.05) is 29.8 Å². The molecule has 0 aliphatic rings. The normalized spacial score (nSPS) is 10.5. The van der Waals surface area contributed by atoms with E-state index in [0.717, 1.165) is 4.47 Å². The maximum atomic E-state index is 12.6. The number of carbonyl (C=O) groups is 2. The molecule has 6 heteroatoms. The average Bonchev–Trinajstić information content (AvgIpc) is 2.35. The van der Waals surface area contributed by atoms with Crippen LogP contribution in [0, 0.1) is 5.92 Å². The molecule has 0 aromatic heterocycles. The van der Waals surface area contributed by atoms with Gasteiger partial charge >= 0.3 is 5.97 Å². The number of amides is 1. The molecule has 0 bridgehead atoms. The molecule has 1 aromatic carbocycles. The summed E-state index contributed by atoms with van der Waals surface area (Å²) >= 11 is 3.31. The van der Waals surface area contributed by atoms with Gasteiger partial charge in [-0.15, -0.1) is 0 Å². The lowest BCUT2D eigenvalue weighted by Crippen LogP contribution is -2.39. The standard InChI is InChI=1S/C15H21BrN2O3/c1-4-21-14(19)9-18(8-10(2)3)15(20)11-5-12(16)7-13(17)6-11/h5-7,10H,4,8-9,17H2,1-3H3. The first-order valence-corrected chi connectivity index (χ1v) is 7.63. The van der Waals surface area contributed by atoms with Crippen molar-refractivity contribution in [2.24, 2.45) is 5.92 Å². The van der Waals surface area contributed by atoms with Crippen molar-refractivity contribution in [3.63, 3.8) is 0 Å². The van der Waals surface area contributed by atoms with Gasteiger partial charge in [0, 0.05) is 22.3 Å². The van der Waals surface area contributed by atoms with E-state index in [1.54, 1.807) is 25.1 Å². The van der Waals surface area contributed by atoms with Crippen molar-refractivity contribution >= 4 is 33.5 Å². The Balaban J connectivity index is 2.95. The average molecular weight is 357 g/mol. The van der Waals surface area contributed by atoms with E-state index in [0.29, 0.717) is 24.4 Å². The van der Waals surface area contributed by atoms with Crippen LogP contribution in [0.25, 0.3) is 0 Å². The summed E-state index contributed by atoms with van der Waals surface area (Å²) in [6, 6.07) is 5.01. The molecule has 0 radical (unpaired) electrons. The summed E-state index contributed by atoms with van der Waals surface area (Å²) in [5.41, 5.74) is 6.70. The van der Waals surface area contributed by atoms with Gasteiger partial charge in [0.05, 0.1) is 6.61 Å². The Morgan fingerprint density at radius 3 is 2.52 bits per heavy atom. The summed E-state index contributed by atoms with van der Waals surface area (Å²) in [4.78, 5) is 25.7. The molecule has 1 rings (SSSR count). The Bertz CT molecular complexity index is 497. The molecule has 5 nitrogen and oxygen atoms in total. The predicted molar refractivity (Wildman–Crippen MR) is 85.9 cm³/mol. The fourth-order valence-electron chi connectivity index (χ4n) is 1.94. The number of hydrogen-bond donors (Lipinski definition) is 1. The highest BCUT2D eigenvalue weighted by Crippen LogP contribution is 2.19. The minimum atomic E-state index is -0.408. The second kappa shape index (κ2) is 8.02. The second-order valence-corrected chi connectivity index (χ2v) is 6.07. The molecule has 0 aliphatic carbocycles. The molecule has 2 N–H and O–H groups in total. The number of rotatable bonds is 6. The highest BCUT2D eigenvalue weighted by molar-refractivity contribution is 9.10. The first kappa shape index (κ1) is 17.5. The van der Waals surface area contributed by atoms with Crippen LogP contribution in [-0.2, 0) is 9.53 Å². The Labute approximate surface area is 133 Å². The van der Waals surface area contributed by atoms with Crippen molar-refractivity contribution < 1.29 is 14.3 Å². The quantitative estimate of drug-likeness (QED) is 0.628. The van der Waals surface area contributed by atoms with Crippen molar-refractivity contribution in [3.05, 3.63) is 28.2 Å². The van der Waals surface area contributed by atoms with Crippen LogP contribution in [0.5, 0.6) is 0 Å². The summed E-state index contributed by atoms with van der Waals surface area (Å²) in [5.74, 6) is -0.396. The molecular weight excluding hydrogens is 336 g/mol. The second-order valence-electron chi connectivity index (χ2n) is 5.16. The first-order chi connectivity index (χ1) is 9.83. The minimum absolute atomic E-state index is 0.0583. The summed E-state index contributed by atoms with van der Waals surface area (Å²) in [7, 11) is 0. The maximum Gasteiger partial charge on any atom is 0.325 e. The van der Waals surface area contributed by atoms with Crippen molar-refractivity contribution in [2.75, 3.05) is 25.4 Å². The molecule has 0 heterocycles. The number of nitrogens with zero attached hydrogens (tertiary/aromatic N) is 1. The highest BCUT2D eigenvalue weighted by Gasteiger charge is 2.21. The summed E-state index contributed by atoms with van der Waals surface area (Å²) in [6.45, 7) is 6.43. The number of carbonyl (C=O) groups excluding carboxylic acids is 2. The molecule has 0 atom stereocenters. The Kier molecular flexibility index (Phi) is 6.68. The number of hydrogen-bond acceptors (Lipinski definition) is 4. The van der Waals surface area contributed by atoms with Gasteiger partial charge in [-0.25, -0.2) is 0 Å². The molecule has 0 saturated carbocycles. The molecule has 0 spiro atoms. The Morgan fingerprint density at radius 1 is 1.33 bits per heavy atom. The van der Waals surface area contributed by atoms with E-state index in [1.165, 1.54) is 4.90 Å². The van der Waals surface area contributed by atoms with Crippen LogP contribution in [0.2, 0.25) is 0 Å². The number of esters is 1. The Morgan fingerprint density at radius 2 is 2.00 bits per heavy atom. The van der Waals surface area contributed by atoms with Crippen molar-refractivity contribution in [1.29, 1.82) is 0 Å². The van der Waals surface area contributed by atoms with Crippen LogP contribution in [-0.4, -0.2) is 36.5 Å². The number of nitrogen functional groups attached to an aromatic ring is 1. The van der Waals surface area contributed by atoms with Crippen molar-refractivity contribution in [2.45, 2.75) is 20.8 Å². The topological polar surface area (TPSA) is 72.6 Å².